The van der Waals surface area contributed by atoms with Crippen molar-refractivity contribution in [2.75, 3.05) is 5.32 Å². The van der Waals surface area contributed by atoms with Gasteiger partial charge in [-0.05, 0) is 30.4 Å². The van der Waals surface area contributed by atoms with E-state index in [1.807, 2.05) is 0 Å². The minimum atomic E-state index is -0.324. The van der Waals surface area contributed by atoms with Gasteiger partial charge in [-0.2, -0.15) is 5.21 Å². The molecule has 0 fully saturated rings. The quantitative estimate of drug-likeness (QED) is 0.746. The number of benzene rings is 1. The van der Waals surface area contributed by atoms with Gasteiger partial charge in [0, 0.05) is 11.5 Å². The number of nitrogens with zero attached hydrogens (tertiary/aromatic N) is 5. The second-order valence-corrected chi connectivity index (χ2v) is 6.95. The zero-order valence-corrected chi connectivity index (χ0v) is 13.9. The van der Waals surface area contributed by atoms with Crippen LogP contribution in [0.3, 0.4) is 0 Å². The fourth-order valence-electron chi connectivity index (χ4n) is 2.47. The van der Waals surface area contributed by atoms with E-state index in [-0.39, 0.29) is 17.3 Å². The lowest BCUT2D eigenvalue weighted by Gasteiger charge is -2.22. The number of halogens is 1. The molecule has 0 bridgehead atoms. The van der Waals surface area contributed by atoms with Crippen LogP contribution in [0.4, 0.5) is 10.2 Å². The van der Waals surface area contributed by atoms with Crippen molar-refractivity contribution in [1.82, 2.24) is 30.6 Å². The standard InChI is InChI=1S/C16H20FN7/c1-16(2,3)7-6-12(15-21-23-24-22-15)20-14-11-5-4-10(17)8-13(11)18-9-19-14/h4-5,8-9,12H,6-7H2,1-3H3,(H,18,19,20)(H,21,22,23,24). The molecule has 3 aromatic rings. The van der Waals surface area contributed by atoms with Gasteiger partial charge in [0.2, 0.25) is 0 Å². The molecule has 126 valence electrons. The summed E-state index contributed by atoms with van der Waals surface area (Å²) in [7, 11) is 0. The highest BCUT2D eigenvalue weighted by Crippen LogP contribution is 2.29. The monoisotopic (exact) mass is 329 g/mol. The van der Waals surface area contributed by atoms with Gasteiger partial charge in [-0.15, -0.1) is 10.2 Å². The number of aromatic nitrogens is 6. The van der Waals surface area contributed by atoms with Crippen LogP contribution in [0.15, 0.2) is 24.5 Å². The van der Waals surface area contributed by atoms with E-state index in [4.69, 9.17) is 0 Å². The van der Waals surface area contributed by atoms with Crippen molar-refractivity contribution < 1.29 is 4.39 Å². The summed E-state index contributed by atoms with van der Waals surface area (Å²) in [6, 6.07) is 4.31. The summed E-state index contributed by atoms with van der Waals surface area (Å²) in [5, 5.41) is 18.4. The molecule has 1 atom stereocenters. The normalized spacial score (nSPS) is 13.2. The maximum atomic E-state index is 13.4. The maximum absolute atomic E-state index is 13.4. The zero-order chi connectivity index (χ0) is 17.2. The minimum absolute atomic E-state index is 0.147. The van der Waals surface area contributed by atoms with Crippen molar-refractivity contribution >= 4 is 16.7 Å². The molecular weight excluding hydrogens is 309 g/mol. The topological polar surface area (TPSA) is 92.3 Å². The van der Waals surface area contributed by atoms with E-state index in [1.165, 1.54) is 18.5 Å². The molecule has 3 rings (SSSR count). The Bertz CT molecular complexity index is 811. The lowest BCUT2D eigenvalue weighted by molar-refractivity contribution is 0.352. The predicted octanol–water partition coefficient (Wildman–Crippen LogP) is 3.26. The molecule has 2 heterocycles. The average Bonchev–Trinajstić information content (AvgIpc) is 3.04. The van der Waals surface area contributed by atoms with Gasteiger partial charge in [0.1, 0.15) is 18.0 Å². The molecular formula is C16H20FN7. The third kappa shape index (κ3) is 3.81. The number of fused-ring (bicyclic) bond motifs is 1. The highest BCUT2D eigenvalue weighted by molar-refractivity contribution is 5.88. The van der Waals surface area contributed by atoms with Crippen molar-refractivity contribution in [2.45, 2.75) is 39.7 Å². The Morgan fingerprint density at radius 2 is 2.08 bits per heavy atom. The molecule has 0 aliphatic carbocycles. The number of hydrogen-bond donors (Lipinski definition) is 2. The SMILES string of the molecule is CC(C)(C)CCC(Nc1ncnc2cc(F)ccc12)c1nn[nH]n1. The van der Waals surface area contributed by atoms with Crippen LogP contribution in [0.1, 0.15) is 45.5 Å². The van der Waals surface area contributed by atoms with Gasteiger partial charge >= 0.3 is 0 Å². The van der Waals surface area contributed by atoms with E-state index >= 15 is 0 Å². The minimum Gasteiger partial charge on any atom is -0.359 e. The summed E-state index contributed by atoms with van der Waals surface area (Å²) in [5.41, 5.74) is 0.732. The molecule has 2 N–H and O–H groups in total. The van der Waals surface area contributed by atoms with E-state index in [2.05, 4.69) is 56.7 Å². The largest absolute Gasteiger partial charge is 0.359 e. The third-order valence-electron chi connectivity index (χ3n) is 3.77. The van der Waals surface area contributed by atoms with Crippen LogP contribution in [-0.2, 0) is 0 Å². The Balaban J connectivity index is 1.90. The van der Waals surface area contributed by atoms with E-state index in [9.17, 15) is 4.39 Å². The predicted molar refractivity (Wildman–Crippen MR) is 88.7 cm³/mol. The molecule has 1 aromatic carbocycles. The number of hydrogen-bond acceptors (Lipinski definition) is 6. The number of H-pyrrole nitrogens is 1. The average molecular weight is 329 g/mol. The molecule has 1 unspecified atom stereocenters. The fourth-order valence-corrected chi connectivity index (χ4v) is 2.47. The first kappa shape index (κ1) is 16.2. The summed E-state index contributed by atoms with van der Waals surface area (Å²) in [6.07, 6.45) is 3.20. The van der Waals surface area contributed by atoms with Crippen molar-refractivity contribution in [1.29, 1.82) is 0 Å². The van der Waals surface area contributed by atoms with Crippen molar-refractivity contribution in [3.05, 3.63) is 36.2 Å². The Hall–Kier alpha value is -2.64. The zero-order valence-electron chi connectivity index (χ0n) is 13.9. The van der Waals surface area contributed by atoms with Crippen LogP contribution >= 0.6 is 0 Å². The van der Waals surface area contributed by atoms with Crippen molar-refractivity contribution in [2.24, 2.45) is 5.41 Å². The molecule has 0 spiro atoms. The van der Waals surface area contributed by atoms with Gasteiger partial charge in [0.25, 0.3) is 0 Å². The van der Waals surface area contributed by atoms with E-state index < -0.39 is 0 Å². The first-order chi connectivity index (χ1) is 11.4. The summed E-state index contributed by atoms with van der Waals surface area (Å²) >= 11 is 0. The Morgan fingerprint density at radius 1 is 1.25 bits per heavy atom. The Kier molecular flexibility index (Phi) is 4.37. The molecule has 0 amide bonds. The second-order valence-electron chi connectivity index (χ2n) is 6.95. The number of nitrogens with one attached hydrogen (secondary N) is 2. The highest BCUT2D eigenvalue weighted by Gasteiger charge is 2.21. The number of aromatic amines is 1. The van der Waals surface area contributed by atoms with Crippen molar-refractivity contribution in [3.63, 3.8) is 0 Å². The molecule has 24 heavy (non-hydrogen) atoms. The molecule has 8 heteroatoms. The Labute approximate surface area is 139 Å². The number of rotatable bonds is 5. The van der Waals surface area contributed by atoms with Gasteiger partial charge in [0.15, 0.2) is 5.82 Å². The van der Waals surface area contributed by atoms with Gasteiger partial charge in [-0.3, -0.25) is 0 Å². The summed E-state index contributed by atoms with van der Waals surface area (Å²) in [4.78, 5) is 8.42. The van der Waals surface area contributed by atoms with Gasteiger partial charge in [-0.25, -0.2) is 14.4 Å². The summed E-state index contributed by atoms with van der Waals surface area (Å²) < 4.78 is 13.4. The first-order valence-corrected chi connectivity index (χ1v) is 7.82. The van der Waals surface area contributed by atoms with Crippen molar-refractivity contribution in [3.8, 4) is 0 Å². The molecule has 0 radical (unpaired) electrons. The highest BCUT2D eigenvalue weighted by atomic mass is 19.1. The van der Waals surface area contributed by atoms with Crippen LogP contribution in [0.25, 0.3) is 10.9 Å². The van der Waals surface area contributed by atoms with Crippen LogP contribution in [0, 0.1) is 11.2 Å². The summed E-state index contributed by atoms with van der Waals surface area (Å²) in [6.45, 7) is 6.55. The fraction of sp³-hybridized carbons (Fsp3) is 0.438. The maximum Gasteiger partial charge on any atom is 0.196 e. The van der Waals surface area contributed by atoms with Gasteiger partial charge in [0.05, 0.1) is 11.6 Å². The Morgan fingerprint density at radius 3 is 2.79 bits per heavy atom. The number of anilines is 1. The lowest BCUT2D eigenvalue weighted by Crippen LogP contribution is -2.17. The van der Waals surface area contributed by atoms with E-state index in [0.29, 0.717) is 17.2 Å². The van der Waals surface area contributed by atoms with Gasteiger partial charge in [-0.1, -0.05) is 26.0 Å². The first-order valence-electron chi connectivity index (χ1n) is 7.82. The van der Waals surface area contributed by atoms with Crippen LogP contribution in [0.5, 0.6) is 0 Å². The van der Waals surface area contributed by atoms with Gasteiger partial charge < -0.3 is 5.32 Å². The third-order valence-corrected chi connectivity index (χ3v) is 3.77. The molecule has 2 aromatic heterocycles. The second kappa shape index (κ2) is 6.46. The summed E-state index contributed by atoms with van der Waals surface area (Å²) in [5.74, 6) is 0.881. The van der Waals surface area contributed by atoms with E-state index in [1.54, 1.807) is 6.07 Å². The molecule has 0 saturated heterocycles. The molecule has 7 nitrogen and oxygen atoms in total. The van der Waals surface area contributed by atoms with Crippen LogP contribution in [-0.4, -0.2) is 30.6 Å². The van der Waals surface area contributed by atoms with Crippen LogP contribution < -0.4 is 5.32 Å². The number of tetrazole rings is 1. The molecule has 0 aliphatic rings. The van der Waals surface area contributed by atoms with E-state index in [0.717, 1.165) is 18.2 Å². The lowest BCUT2D eigenvalue weighted by atomic mass is 9.88. The smallest absolute Gasteiger partial charge is 0.196 e. The van der Waals surface area contributed by atoms with Crippen LogP contribution in [0.2, 0.25) is 0 Å². The molecule has 0 aliphatic heterocycles. The molecule has 0 saturated carbocycles.